The highest BCUT2D eigenvalue weighted by Gasteiger charge is 2.28. The Labute approximate surface area is 122 Å². The minimum Gasteiger partial charge on any atom is -0.507 e. The molecule has 0 aliphatic rings. The first kappa shape index (κ1) is 14.9. The van der Waals surface area contributed by atoms with Gasteiger partial charge in [0.25, 0.3) is 0 Å². The molecule has 0 fully saturated rings. The van der Waals surface area contributed by atoms with E-state index in [1.54, 1.807) is 0 Å². The molecule has 0 amide bonds. The molecular formula is C19H26O. The highest BCUT2D eigenvalue weighted by molar-refractivity contribution is 5.91. The molecule has 0 saturated heterocycles. The monoisotopic (exact) mass is 270 g/mol. The SMILES string of the molecule is CC(C)CC(c1ccc(O)c2ccccc12)C(C)(C)C. The van der Waals surface area contributed by atoms with Crippen molar-refractivity contribution in [2.75, 3.05) is 0 Å². The molecule has 0 saturated carbocycles. The van der Waals surface area contributed by atoms with Gasteiger partial charge in [-0.2, -0.15) is 0 Å². The quantitative estimate of drug-likeness (QED) is 0.756. The minimum atomic E-state index is 0.212. The summed E-state index contributed by atoms with van der Waals surface area (Å²) in [7, 11) is 0. The van der Waals surface area contributed by atoms with Gasteiger partial charge in [0.15, 0.2) is 0 Å². The van der Waals surface area contributed by atoms with Gasteiger partial charge in [-0.15, -0.1) is 0 Å². The van der Waals surface area contributed by atoms with Gasteiger partial charge in [-0.3, -0.25) is 0 Å². The van der Waals surface area contributed by atoms with E-state index in [9.17, 15) is 5.11 Å². The fourth-order valence-corrected chi connectivity index (χ4v) is 3.03. The first-order chi connectivity index (χ1) is 9.30. The smallest absolute Gasteiger partial charge is 0.123 e. The van der Waals surface area contributed by atoms with Gasteiger partial charge in [0.2, 0.25) is 0 Å². The summed E-state index contributed by atoms with van der Waals surface area (Å²) in [5, 5.41) is 12.2. The predicted octanol–water partition coefficient (Wildman–Crippen LogP) is 5.72. The maximum absolute atomic E-state index is 10.1. The number of phenolic OH excluding ortho intramolecular Hbond substituents is 1. The molecule has 2 aromatic carbocycles. The molecular weight excluding hydrogens is 244 g/mol. The summed E-state index contributed by atoms with van der Waals surface area (Å²) in [5.74, 6) is 1.53. The third-order valence-corrected chi connectivity index (χ3v) is 4.06. The van der Waals surface area contributed by atoms with E-state index in [2.05, 4.69) is 52.8 Å². The number of fused-ring (bicyclic) bond motifs is 1. The topological polar surface area (TPSA) is 20.2 Å². The van der Waals surface area contributed by atoms with Crippen LogP contribution < -0.4 is 0 Å². The molecule has 0 bridgehead atoms. The highest BCUT2D eigenvalue weighted by Crippen LogP contribution is 2.43. The van der Waals surface area contributed by atoms with Crippen LogP contribution in [-0.4, -0.2) is 5.11 Å². The number of hydrogen-bond donors (Lipinski definition) is 1. The second-order valence-corrected chi connectivity index (χ2v) is 7.27. The van der Waals surface area contributed by atoms with E-state index in [0.29, 0.717) is 17.6 Å². The summed E-state index contributed by atoms with van der Waals surface area (Å²) in [5.41, 5.74) is 1.57. The number of benzene rings is 2. The first-order valence-electron chi connectivity index (χ1n) is 7.51. The largest absolute Gasteiger partial charge is 0.507 e. The van der Waals surface area contributed by atoms with Crippen molar-refractivity contribution in [1.29, 1.82) is 0 Å². The van der Waals surface area contributed by atoms with Crippen LogP contribution in [0.1, 0.15) is 52.5 Å². The second-order valence-electron chi connectivity index (χ2n) is 7.27. The lowest BCUT2D eigenvalue weighted by molar-refractivity contribution is 0.281. The molecule has 1 nitrogen and oxygen atoms in total. The Morgan fingerprint density at radius 1 is 0.950 bits per heavy atom. The first-order valence-corrected chi connectivity index (χ1v) is 7.51. The third kappa shape index (κ3) is 2.98. The third-order valence-electron chi connectivity index (χ3n) is 4.06. The second kappa shape index (κ2) is 5.47. The Kier molecular flexibility index (Phi) is 4.08. The molecule has 0 aliphatic heterocycles. The van der Waals surface area contributed by atoms with Crippen molar-refractivity contribution in [3.8, 4) is 5.75 Å². The van der Waals surface area contributed by atoms with E-state index < -0.39 is 0 Å². The molecule has 0 aromatic heterocycles. The molecule has 1 heteroatoms. The van der Waals surface area contributed by atoms with Crippen molar-refractivity contribution in [3.63, 3.8) is 0 Å². The molecule has 2 aromatic rings. The van der Waals surface area contributed by atoms with Gasteiger partial charge in [0.05, 0.1) is 0 Å². The number of rotatable bonds is 3. The maximum atomic E-state index is 10.1. The van der Waals surface area contributed by atoms with Crippen LogP contribution in [0, 0.1) is 11.3 Å². The van der Waals surface area contributed by atoms with Crippen molar-refractivity contribution in [1.82, 2.24) is 0 Å². The van der Waals surface area contributed by atoms with Crippen molar-refractivity contribution in [2.24, 2.45) is 11.3 Å². The fourth-order valence-electron chi connectivity index (χ4n) is 3.03. The van der Waals surface area contributed by atoms with Crippen LogP contribution in [0.5, 0.6) is 5.75 Å². The van der Waals surface area contributed by atoms with E-state index in [1.807, 2.05) is 18.2 Å². The molecule has 0 aliphatic carbocycles. The Hall–Kier alpha value is -1.50. The Morgan fingerprint density at radius 3 is 2.10 bits per heavy atom. The van der Waals surface area contributed by atoms with Gasteiger partial charge in [0.1, 0.15) is 5.75 Å². The molecule has 0 heterocycles. The van der Waals surface area contributed by atoms with Gasteiger partial charge < -0.3 is 5.11 Å². The van der Waals surface area contributed by atoms with Crippen LogP contribution in [0.3, 0.4) is 0 Å². The normalized spacial score (nSPS) is 13.9. The molecule has 108 valence electrons. The molecule has 20 heavy (non-hydrogen) atoms. The predicted molar refractivity (Wildman–Crippen MR) is 87.3 cm³/mol. The molecule has 1 unspecified atom stereocenters. The highest BCUT2D eigenvalue weighted by atomic mass is 16.3. The van der Waals surface area contributed by atoms with Crippen molar-refractivity contribution in [2.45, 2.75) is 47.0 Å². The van der Waals surface area contributed by atoms with Gasteiger partial charge in [-0.25, -0.2) is 0 Å². The zero-order valence-corrected chi connectivity index (χ0v) is 13.3. The fraction of sp³-hybridized carbons (Fsp3) is 0.474. The van der Waals surface area contributed by atoms with Crippen molar-refractivity contribution >= 4 is 10.8 Å². The molecule has 0 spiro atoms. The van der Waals surface area contributed by atoms with E-state index in [1.165, 1.54) is 10.9 Å². The summed E-state index contributed by atoms with van der Waals surface area (Å²) in [6.07, 6.45) is 1.16. The summed E-state index contributed by atoms with van der Waals surface area (Å²) >= 11 is 0. The van der Waals surface area contributed by atoms with E-state index in [-0.39, 0.29) is 5.41 Å². The standard InChI is InChI=1S/C19H26O/c1-13(2)12-17(19(3,4)5)15-10-11-18(20)16-9-7-6-8-14(15)16/h6-11,13,17,20H,12H2,1-5H3. The van der Waals surface area contributed by atoms with E-state index in [0.717, 1.165) is 11.8 Å². The molecule has 1 N–H and O–H groups in total. The lowest BCUT2D eigenvalue weighted by Gasteiger charge is -2.33. The Morgan fingerprint density at radius 2 is 1.55 bits per heavy atom. The number of phenols is 1. The zero-order chi connectivity index (χ0) is 14.9. The average molecular weight is 270 g/mol. The van der Waals surface area contributed by atoms with Crippen molar-refractivity contribution < 1.29 is 5.11 Å². The van der Waals surface area contributed by atoms with E-state index in [4.69, 9.17) is 0 Å². The number of aromatic hydroxyl groups is 1. The molecule has 0 radical (unpaired) electrons. The zero-order valence-electron chi connectivity index (χ0n) is 13.3. The summed E-state index contributed by atoms with van der Waals surface area (Å²) in [6.45, 7) is 11.5. The van der Waals surface area contributed by atoms with Gasteiger partial charge in [-0.05, 0) is 40.7 Å². The van der Waals surface area contributed by atoms with Crippen LogP contribution in [0.4, 0.5) is 0 Å². The maximum Gasteiger partial charge on any atom is 0.123 e. The van der Waals surface area contributed by atoms with E-state index >= 15 is 0 Å². The van der Waals surface area contributed by atoms with Crippen LogP contribution in [0.25, 0.3) is 10.8 Å². The molecule has 1 atom stereocenters. The lowest BCUT2D eigenvalue weighted by Crippen LogP contribution is -2.20. The molecule has 2 rings (SSSR count). The van der Waals surface area contributed by atoms with Crippen LogP contribution >= 0.6 is 0 Å². The van der Waals surface area contributed by atoms with Gasteiger partial charge in [-0.1, -0.05) is 65.0 Å². The van der Waals surface area contributed by atoms with Crippen LogP contribution in [-0.2, 0) is 0 Å². The lowest BCUT2D eigenvalue weighted by atomic mass is 9.71. The Balaban J connectivity index is 2.62. The summed E-state index contributed by atoms with van der Waals surface area (Å²) in [4.78, 5) is 0. The minimum absolute atomic E-state index is 0.212. The van der Waals surface area contributed by atoms with Crippen LogP contribution in [0.2, 0.25) is 0 Å². The van der Waals surface area contributed by atoms with Crippen LogP contribution in [0.15, 0.2) is 36.4 Å². The Bertz CT molecular complexity index is 590. The van der Waals surface area contributed by atoms with Gasteiger partial charge in [0, 0.05) is 5.39 Å². The summed E-state index contributed by atoms with van der Waals surface area (Å²) < 4.78 is 0. The number of hydrogen-bond acceptors (Lipinski definition) is 1. The average Bonchev–Trinajstić information content (AvgIpc) is 2.36. The van der Waals surface area contributed by atoms with Crippen molar-refractivity contribution in [3.05, 3.63) is 42.0 Å². The van der Waals surface area contributed by atoms with Gasteiger partial charge >= 0.3 is 0 Å². The summed E-state index contributed by atoms with van der Waals surface area (Å²) in [6, 6.07) is 12.1.